The summed E-state index contributed by atoms with van der Waals surface area (Å²) < 4.78 is 0. The maximum atomic E-state index is 9.13. The summed E-state index contributed by atoms with van der Waals surface area (Å²) in [5.74, 6) is 0. The molecular formula is C15H15ClN2S. The van der Waals surface area contributed by atoms with Gasteiger partial charge in [-0.25, -0.2) is 0 Å². The average molecular weight is 291 g/mol. The summed E-state index contributed by atoms with van der Waals surface area (Å²) in [5, 5.41) is 9.85. The molecule has 1 aromatic heterocycles. The van der Waals surface area contributed by atoms with Gasteiger partial charge in [-0.2, -0.15) is 5.26 Å². The summed E-state index contributed by atoms with van der Waals surface area (Å²) in [6.07, 6.45) is 1.88. The molecule has 0 bridgehead atoms. The van der Waals surface area contributed by atoms with E-state index in [4.69, 9.17) is 22.6 Å². The van der Waals surface area contributed by atoms with Gasteiger partial charge < -0.3 is 5.73 Å². The first-order valence-electron chi connectivity index (χ1n) is 6.15. The standard InChI is InChI=1S/C15H15ClN2S/c1-3-4-12-14(18)13(8-17)19-15(12)10-5-9(2)6-11(16)7-10/h5-7H,3-4,18H2,1-2H3. The molecule has 0 saturated carbocycles. The van der Waals surface area contributed by atoms with Crippen molar-refractivity contribution in [1.29, 1.82) is 5.26 Å². The van der Waals surface area contributed by atoms with Crippen LogP contribution in [0.3, 0.4) is 0 Å². The lowest BCUT2D eigenvalue weighted by Gasteiger charge is -2.06. The van der Waals surface area contributed by atoms with Gasteiger partial charge in [-0.3, -0.25) is 0 Å². The highest BCUT2D eigenvalue weighted by Gasteiger charge is 2.16. The Morgan fingerprint density at radius 1 is 1.37 bits per heavy atom. The summed E-state index contributed by atoms with van der Waals surface area (Å²) in [5.41, 5.74) is 9.93. The van der Waals surface area contributed by atoms with Crippen LogP contribution in [0, 0.1) is 18.3 Å². The molecule has 0 saturated heterocycles. The van der Waals surface area contributed by atoms with Gasteiger partial charge in [-0.05, 0) is 42.2 Å². The molecule has 2 rings (SSSR count). The Bertz CT molecular complexity index is 633. The number of nitrogens with two attached hydrogens (primary N) is 1. The Labute approximate surface area is 122 Å². The van der Waals surface area contributed by atoms with Gasteiger partial charge in [0.15, 0.2) is 0 Å². The molecule has 4 heteroatoms. The zero-order valence-corrected chi connectivity index (χ0v) is 12.5. The van der Waals surface area contributed by atoms with Crippen molar-refractivity contribution in [3.63, 3.8) is 0 Å². The van der Waals surface area contributed by atoms with Crippen LogP contribution < -0.4 is 5.73 Å². The minimum Gasteiger partial charge on any atom is -0.397 e. The molecule has 0 amide bonds. The summed E-state index contributed by atoms with van der Waals surface area (Å²) in [6, 6.07) is 8.11. The van der Waals surface area contributed by atoms with E-state index in [1.807, 2.05) is 19.1 Å². The molecule has 2 N–H and O–H groups in total. The number of benzene rings is 1. The lowest BCUT2D eigenvalue weighted by atomic mass is 10.0. The van der Waals surface area contributed by atoms with Crippen molar-refractivity contribution in [2.75, 3.05) is 5.73 Å². The second kappa shape index (κ2) is 5.64. The lowest BCUT2D eigenvalue weighted by Crippen LogP contribution is -1.93. The number of hydrogen-bond donors (Lipinski definition) is 1. The number of nitriles is 1. The van der Waals surface area contributed by atoms with Crippen molar-refractivity contribution in [3.05, 3.63) is 39.2 Å². The predicted molar refractivity (Wildman–Crippen MR) is 82.6 cm³/mol. The highest BCUT2D eigenvalue weighted by Crippen LogP contribution is 2.40. The van der Waals surface area contributed by atoms with E-state index < -0.39 is 0 Å². The third kappa shape index (κ3) is 2.75. The molecule has 1 heterocycles. The SMILES string of the molecule is CCCc1c(-c2cc(C)cc(Cl)c2)sc(C#N)c1N. The van der Waals surface area contributed by atoms with Crippen molar-refractivity contribution < 1.29 is 0 Å². The second-order valence-electron chi connectivity index (χ2n) is 4.53. The first-order valence-corrected chi connectivity index (χ1v) is 7.35. The summed E-state index contributed by atoms with van der Waals surface area (Å²) in [7, 11) is 0. The van der Waals surface area contributed by atoms with Crippen LogP contribution in [0.1, 0.15) is 29.3 Å². The maximum Gasteiger partial charge on any atom is 0.128 e. The normalized spacial score (nSPS) is 10.4. The molecule has 0 aliphatic heterocycles. The topological polar surface area (TPSA) is 49.8 Å². The molecule has 2 aromatic rings. The van der Waals surface area contributed by atoms with Crippen molar-refractivity contribution in [1.82, 2.24) is 0 Å². The Balaban J connectivity index is 2.64. The van der Waals surface area contributed by atoms with Crippen molar-refractivity contribution >= 4 is 28.6 Å². The number of nitrogen functional groups attached to an aromatic ring is 1. The zero-order valence-electron chi connectivity index (χ0n) is 11.0. The maximum absolute atomic E-state index is 9.13. The largest absolute Gasteiger partial charge is 0.397 e. The molecule has 0 aliphatic carbocycles. The molecule has 0 spiro atoms. The monoisotopic (exact) mass is 290 g/mol. The number of rotatable bonds is 3. The molecule has 0 radical (unpaired) electrons. The molecule has 1 aromatic carbocycles. The van der Waals surface area contributed by atoms with Crippen LogP contribution in [0.15, 0.2) is 18.2 Å². The van der Waals surface area contributed by atoms with E-state index in [1.54, 1.807) is 0 Å². The predicted octanol–water partition coefficient (Wildman–Crippen LogP) is 4.78. The van der Waals surface area contributed by atoms with Gasteiger partial charge in [0.25, 0.3) is 0 Å². The smallest absolute Gasteiger partial charge is 0.128 e. The quantitative estimate of drug-likeness (QED) is 0.884. The first kappa shape index (κ1) is 13.9. The van der Waals surface area contributed by atoms with Crippen LogP contribution in [0.4, 0.5) is 5.69 Å². The van der Waals surface area contributed by atoms with Crippen LogP contribution in [-0.2, 0) is 6.42 Å². The van der Waals surface area contributed by atoms with Gasteiger partial charge in [-0.1, -0.05) is 31.0 Å². The Kier molecular flexibility index (Phi) is 4.14. The molecule has 2 nitrogen and oxygen atoms in total. The molecule has 0 aliphatic rings. The molecule has 0 unspecified atom stereocenters. The van der Waals surface area contributed by atoms with Crippen LogP contribution >= 0.6 is 22.9 Å². The van der Waals surface area contributed by atoms with Crippen molar-refractivity contribution in [3.8, 4) is 16.5 Å². The van der Waals surface area contributed by atoms with Crippen LogP contribution in [0.25, 0.3) is 10.4 Å². The fraction of sp³-hybridized carbons (Fsp3) is 0.267. The second-order valence-corrected chi connectivity index (χ2v) is 5.99. The highest BCUT2D eigenvalue weighted by molar-refractivity contribution is 7.16. The third-order valence-electron chi connectivity index (χ3n) is 2.95. The average Bonchev–Trinajstić information content (AvgIpc) is 2.66. The molecule has 0 fully saturated rings. The van der Waals surface area contributed by atoms with Crippen molar-refractivity contribution in [2.45, 2.75) is 26.7 Å². The molecule has 98 valence electrons. The molecule has 0 atom stereocenters. The number of halogens is 1. The van der Waals surface area contributed by atoms with E-state index in [1.165, 1.54) is 11.3 Å². The lowest BCUT2D eigenvalue weighted by molar-refractivity contribution is 0.930. The van der Waals surface area contributed by atoms with Crippen LogP contribution in [-0.4, -0.2) is 0 Å². The van der Waals surface area contributed by atoms with E-state index in [9.17, 15) is 0 Å². The first-order chi connectivity index (χ1) is 9.06. The Morgan fingerprint density at radius 3 is 2.68 bits per heavy atom. The van der Waals surface area contributed by atoms with E-state index >= 15 is 0 Å². The minimum absolute atomic E-state index is 0.594. The number of aryl methyl sites for hydroxylation is 1. The Morgan fingerprint density at radius 2 is 2.11 bits per heavy atom. The fourth-order valence-corrected chi connectivity index (χ4v) is 3.50. The summed E-state index contributed by atoms with van der Waals surface area (Å²) in [6.45, 7) is 4.12. The van der Waals surface area contributed by atoms with Crippen molar-refractivity contribution in [2.24, 2.45) is 0 Å². The number of nitrogens with zero attached hydrogens (tertiary/aromatic N) is 1. The van der Waals surface area contributed by atoms with Gasteiger partial charge >= 0.3 is 0 Å². The van der Waals surface area contributed by atoms with Gasteiger partial charge in [0, 0.05) is 9.90 Å². The van der Waals surface area contributed by atoms with E-state index in [-0.39, 0.29) is 0 Å². The summed E-state index contributed by atoms with van der Waals surface area (Å²) in [4.78, 5) is 1.66. The highest BCUT2D eigenvalue weighted by atomic mass is 35.5. The van der Waals surface area contributed by atoms with Gasteiger partial charge in [0.05, 0.1) is 5.69 Å². The number of thiophene rings is 1. The fourth-order valence-electron chi connectivity index (χ4n) is 2.16. The van der Waals surface area contributed by atoms with E-state index in [0.717, 1.165) is 34.4 Å². The zero-order chi connectivity index (χ0) is 14.0. The van der Waals surface area contributed by atoms with Crippen LogP contribution in [0.5, 0.6) is 0 Å². The van der Waals surface area contributed by atoms with Gasteiger partial charge in [0.2, 0.25) is 0 Å². The van der Waals surface area contributed by atoms with Gasteiger partial charge in [0.1, 0.15) is 10.9 Å². The minimum atomic E-state index is 0.594. The van der Waals surface area contributed by atoms with E-state index in [0.29, 0.717) is 15.6 Å². The van der Waals surface area contributed by atoms with Crippen LogP contribution in [0.2, 0.25) is 5.02 Å². The van der Waals surface area contributed by atoms with Gasteiger partial charge in [-0.15, -0.1) is 11.3 Å². The Hall–Kier alpha value is -1.50. The number of hydrogen-bond acceptors (Lipinski definition) is 3. The van der Waals surface area contributed by atoms with E-state index in [2.05, 4.69) is 19.1 Å². The summed E-state index contributed by atoms with van der Waals surface area (Å²) >= 11 is 7.57. The third-order valence-corrected chi connectivity index (χ3v) is 4.37. The molecular weight excluding hydrogens is 276 g/mol. The number of anilines is 1. The molecule has 19 heavy (non-hydrogen) atoms.